The molecule has 18 heavy (non-hydrogen) atoms. The van der Waals surface area contributed by atoms with Crippen molar-refractivity contribution in [3.63, 3.8) is 0 Å². The molecule has 0 bridgehead atoms. The molecule has 1 aliphatic rings. The number of rotatable bonds is 7. The van der Waals surface area contributed by atoms with Gasteiger partial charge in [0.05, 0.1) is 13.2 Å². The first-order valence-electron chi connectivity index (χ1n) is 6.54. The van der Waals surface area contributed by atoms with Gasteiger partial charge in [-0.2, -0.15) is 0 Å². The standard InChI is InChI=1S/C14H20N2O2/c1-2-8-18-13-5-3-4-12(9-13)16-14(17)10-15-11-6-7-11/h3-5,9,11,15H,2,6-8,10H2,1H3,(H,16,17). The summed E-state index contributed by atoms with van der Waals surface area (Å²) >= 11 is 0. The van der Waals surface area contributed by atoms with Crippen molar-refractivity contribution in [1.29, 1.82) is 0 Å². The maximum absolute atomic E-state index is 11.7. The van der Waals surface area contributed by atoms with Gasteiger partial charge >= 0.3 is 0 Å². The van der Waals surface area contributed by atoms with Crippen LogP contribution in [-0.4, -0.2) is 25.1 Å². The van der Waals surface area contributed by atoms with Crippen molar-refractivity contribution in [1.82, 2.24) is 5.32 Å². The highest BCUT2D eigenvalue weighted by molar-refractivity contribution is 5.92. The van der Waals surface area contributed by atoms with Gasteiger partial charge in [0.1, 0.15) is 5.75 Å². The number of anilines is 1. The normalized spacial score (nSPS) is 14.3. The molecule has 1 aliphatic carbocycles. The summed E-state index contributed by atoms with van der Waals surface area (Å²) in [4.78, 5) is 11.7. The van der Waals surface area contributed by atoms with Crippen LogP contribution in [0.15, 0.2) is 24.3 Å². The van der Waals surface area contributed by atoms with Crippen molar-refractivity contribution in [2.75, 3.05) is 18.5 Å². The van der Waals surface area contributed by atoms with Crippen molar-refractivity contribution in [2.24, 2.45) is 0 Å². The van der Waals surface area contributed by atoms with Gasteiger partial charge in [-0.05, 0) is 31.4 Å². The Kier molecular flexibility index (Phi) is 4.59. The molecule has 1 amide bonds. The zero-order valence-corrected chi connectivity index (χ0v) is 10.7. The highest BCUT2D eigenvalue weighted by Crippen LogP contribution is 2.19. The molecule has 0 saturated heterocycles. The predicted octanol–water partition coefficient (Wildman–Crippen LogP) is 2.17. The third kappa shape index (κ3) is 4.37. The molecule has 0 radical (unpaired) electrons. The first kappa shape index (κ1) is 12.9. The molecule has 1 fully saturated rings. The summed E-state index contributed by atoms with van der Waals surface area (Å²) in [6, 6.07) is 8.05. The van der Waals surface area contributed by atoms with E-state index in [0.717, 1.165) is 17.9 Å². The summed E-state index contributed by atoms with van der Waals surface area (Å²) in [7, 11) is 0. The summed E-state index contributed by atoms with van der Waals surface area (Å²) < 4.78 is 5.52. The Morgan fingerprint density at radius 2 is 2.28 bits per heavy atom. The monoisotopic (exact) mass is 248 g/mol. The van der Waals surface area contributed by atoms with E-state index in [1.54, 1.807) is 0 Å². The fourth-order valence-corrected chi connectivity index (χ4v) is 1.61. The molecule has 2 rings (SSSR count). The summed E-state index contributed by atoms with van der Waals surface area (Å²) in [5.74, 6) is 0.791. The predicted molar refractivity (Wildman–Crippen MR) is 71.9 cm³/mol. The van der Waals surface area contributed by atoms with Gasteiger partial charge in [-0.25, -0.2) is 0 Å². The number of carbonyl (C=O) groups is 1. The molecular weight excluding hydrogens is 228 g/mol. The lowest BCUT2D eigenvalue weighted by atomic mass is 10.3. The van der Waals surface area contributed by atoms with Gasteiger partial charge in [-0.3, -0.25) is 4.79 Å². The van der Waals surface area contributed by atoms with Crippen LogP contribution in [-0.2, 0) is 4.79 Å². The number of ether oxygens (including phenoxy) is 1. The minimum Gasteiger partial charge on any atom is -0.494 e. The molecule has 1 saturated carbocycles. The molecule has 4 heteroatoms. The van der Waals surface area contributed by atoms with E-state index >= 15 is 0 Å². The molecule has 0 aliphatic heterocycles. The van der Waals surface area contributed by atoms with Crippen LogP contribution in [0.2, 0.25) is 0 Å². The Labute approximate surface area is 108 Å². The van der Waals surface area contributed by atoms with Crippen molar-refractivity contribution < 1.29 is 9.53 Å². The van der Waals surface area contributed by atoms with Gasteiger partial charge in [0.25, 0.3) is 0 Å². The van der Waals surface area contributed by atoms with E-state index in [2.05, 4.69) is 17.6 Å². The Bertz CT molecular complexity index is 403. The topological polar surface area (TPSA) is 50.4 Å². The van der Waals surface area contributed by atoms with Crippen molar-refractivity contribution in [3.8, 4) is 5.75 Å². The second kappa shape index (κ2) is 6.40. The van der Waals surface area contributed by atoms with Crippen LogP contribution in [0, 0.1) is 0 Å². The lowest BCUT2D eigenvalue weighted by molar-refractivity contribution is -0.115. The van der Waals surface area contributed by atoms with Gasteiger partial charge in [0.2, 0.25) is 5.91 Å². The van der Waals surface area contributed by atoms with E-state index in [9.17, 15) is 4.79 Å². The summed E-state index contributed by atoms with van der Waals surface area (Å²) in [6.45, 7) is 3.14. The molecule has 0 aromatic heterocycles. The highest BCUT2D eigenvalue weighted by Gasteiger charge is 2.21. The average molecular weight is 248 g/mol. The van der Waals surface area contributed by atoms with Gasteiger partial charge in [0, 0.05) is 17.8 Å². The number of hydrogen-bond donors (Lipinski definition) is 2. The minimum atomic E-state index is -0.00505. The van der Waals surface area contributed by atoms with Gasteiger partial charge in [0.15, 0.2) is 0 Å². The van der Waals surface area contributed by atoms with Gasteiger partial charge < -0.3 is 15.4 Å². The fraction of sp³-hybridized carbons (Fsp3) is 0.500. The summed E-state index contributed by atoms with van der Waals surface area (Å²) in [6.07, 6.45) is 3.35. The highest BCUT2D eigenvalue weighted by atomic mass is 16.5. The van der Waals surface area contributed by atoms with Crippen molar-refractivity contribution >= 4 is 11.6 Å². The van der Waals surface area contributed by atoms with Crippen LogP contribution in [0.3, 0.4) is 0 Å². The first-order chi connectivity index (χ1) is 8.78. The molecule has 1 aromatic rings. The summed E-state index contributed by atoms with van der Waals surface area (Å²) in [5.41, 5.74) is 0.784. The van der Waals surface area contributed by atoms with Crippen molar-refractivity contribution in [3.05, 3.63) is 24.3 Å². The molecular formula is C14H20N2O2. The maximum Gasteiger partial charge on any atom is 0.238 e. The molecule has 2 N–H and O–H groups in total. The second-order valence-corrected chi connectivity index (χ2v) is 4.58. The number of carbonyl (C=O) groups excluding carboxylic acids is 1. The van der Waals surface area contributed by atoms with Crippen LogP contribution >= 0.6 is 0 Å². The molecule has 0 spiro atoms. The maximum atomic E-state index is 11.7. The molecule has 1 aromatic carbocycles. The van der Waals surface area contributed by atoms with E-state index in [1.807, 2.05) is 24.3 Å². The molecule has 0 heterocycles. The molecule has 0 atom stereocenters. The molecule has 98 valence electrons. The number of amides is 1. The van der Waals surface area contributed by atoms with Crippen molar-refractivity contribution in [2.45, 2.75) is 32.2 Å². The van der Waals surface area contributed by atoms with E-state index in [4.69, 9.17) is 4.74 Å². The molecule has 0 unspecified atom stereocenters. The molecule has 4 nitrogen and oxygen atoms in total. The average Bonchev–Trinajstić information content (AvgIpc) is 3.18. The van der Waals surface area contributed by atoms with Crippen LogP contribution in [0.1, 0.15) is 26.2 Å². The number of nitrogens with one attached hydrogen (secondary N) is 2. The zero-order valence-electron chi connectivity index (χ0n) is 10.7. The van der Waals surface area contributed by atoms with E-state index < -0.39 is 0 Å². The third-order valence-electron chi connectivity index (χ3n) is 2.72. The quantitative estimate of drug-likeness (QED) is 0.777. The SMILES string of the molecule is CCCOc1cccc(NC(=O)CNC2CC2)c1. The number of hydrogen-bond acceptors (Lipinski definition) is 3. The zero-order chi connectivity index (χ0) is 12.8. The fourth-order valence-electron chi connectivity index (χ4n) is 1.61. The Hall–Kier alpha value is -1.55. The van der Waals surface area contributed by atoms with E-state index in [0.29, 0.717) is 19.2 Å². The van der Waals surface area contributed by atoms with E-state index in [-0.39, 0.29) is 5.91 Å². The van der Waals surface area contributed by atoms with Crippen LogP contribution in [0.4, 0.5) is 5.69 Å². The van der Waals surface area contributed by atoms with Crippen LogP contribution in [0.5, 0.6) is 5.75 Å². The number of benzene rings is 1. The van der Waals surface area contributed by atoms with E-state index in [1.165, 1.54) is 12.8 Å². The Balaban J connectivity index is 1.81. The van der Waals surface area contributed by atoms with Crippen LogP contribution < -0.4 is 15.4 Å². The Morgan fingerprint density at radius 3 is 3.00 bits per heavy atom. The van der Waals surface area contributed by atoms with Gasteiger partial charge in [-0.1, -0.05) is 13.0 Å². The van der Waals surface area contributed by atoms with Gasteiger partial charge in [-0.15, -0.1) is 0 Å². The van der Waals surface area contributed by atoms with Crippen LogP contribution in [0.25, 0.3) is 0 Å². The summed E-state index contributed by atoms with van der Waals surface area (Å²) in [5, 5.41) is 6.04. The Morgan fingerprint density at radius 1 is 1.44 bits per heavy atom. The third-order valence-corrected chi connectivity index (χ3v) is 2.72. The lowest BCUT2D eigenvalue weighted by Gasteiger charge is -2.08. The lowest BCUT2D eigenvalue weighted by Crippen LogP contribution is -2.29. The first-order valence-corrected chi connectivity index (χ1v) is 6.54. The largest absolute Gasteiger partial charge is 0.494 e. The smallest absolute Gasteiger partial charge is 0.238 e. The minimum absolute atomic E-state index is 0.00505. The second-order valence-electron chi connectivity index (χ2n) is 4.58.